The minimum absolute atomic E-state index is 0.103. The fourth-order valence-electron chi connectivity index (χ4n) is 2.66. The lowest BCUT2D eigenvalue weighted by Gasteiger charge is -2.23. The van der Waals surface area contributed by atoms with Crippen molar-refractivity contribution < 1.29 is 14.3 Å². The van der Waals surface area contributed by atoms with Crippen molar-refractivity contribution in [3.63, 3.8) is 0 Å². The van der Waals surface area contributed by atoms with Crippen LogP contribution in [0.1, 0.15) is 39.5 Å². The highest BCUT2D eigenvalue weighted by Gasteiger charge is 2.30. The van der Waals surface area contributed by atoms with Gasteiger partial charge in [-0.15, -0.1) is 0 Å². The van der Waals surface area contributed by atoms with E-state index in [9.17, 15) is 9.59 Å². The second-order valence-corrected chi connectivity index (χ2v) is 4.89. The zero-order chi connectivity index (χ0) is 14.3. The number of likely N-dealkylation sites (tertiary alicyclic amines) is 1. The molecule has 1 aliphatic rings. The molecule has 5 nitrogen and oxygen atoms in total. The molecule has 0 aliphatic carbocycles. The highest BCUT2D eigenvalue weighted by molar-refractivity contribution is 5.76. The zero-order valence-corrected chi connectivity index (χ0v) is 12.4. The summed E-state index contributed by atoms with van der Waals surface area (Å²) in [5.74, 6) is 0.0615. The van der Waals surface area contributed by atoms with Gasteiger partial charge in [0, 0.05) is 19.5 Å². The van der Waals surface area contributed by atoms with E-state index in [2.05, 4.69) is 4.90 Å². The molecule has 0 bridgehead atoms. The molecule has 1 unspecified atom stereocenters. The number of nitrogens with zero attached hydrogens (tertiary/aromatic N) is 2. The van der Waals surface area contributed by atoms with Crippen LogP contribution in [0.2, 0.25) is 0 Å². The van der Waals surface area contributed by atoms with Gasteiger partial charge in [-0.05, 0) is 46.2 Å². The van der Waals surface area contributed by atoms with Gasteiger partial charge < -0.3 is 9.64 Å². The minimum atomic E-state index is -0.146. The van der Waals surface area contributed by atoms with Crippen LogP contribution in [0.5, 0.6) is 0 Å². The van der Waals surface area contributed by atoms with Crippen LogP contribution < -0.4 is 0 Å². The quantitative estimate of drug-likeness (QED) is 0.654. The standard InChI is InChI=1S/C14H26N2O3/c1-4-15(5-2)13(17)9-7-11-16-10-6-8-12(16)14(18)19-3/h12H,4-11H2,1-3H3. The van der Waals surface area contributed by atoms with Crippen LogP contribution in [0.25, 0.3) is 0 Å². The number of hydrogen-bond donors (Lipinski definition) is 0. The number of rotatable bonds is 7. The highest BCUT2D eigenvalue weighted by atomic mass is 16.5. The summed E-state index contributed by atoms with van der Waals surface area (Å²) in [7, 11) is 1.43. The predicted molar refractivity (Wildman–Crippen MR) is 73.8 cm³/mol. The van der Waals surface area contributed by atoms with Gasteiger partial charge in [0.1, 0.15) is 6.04 Å². The minimum Gasteiger partial charge on any atom is -0.468 e. The molecule has 110 valence electrons. The van der Waals surface area contributed by atoms with Gasteiger partial charge >= 0.3 is 5.97 Å². The van der Waals surface area contributed by atoms with Gasteiger partial charge in [-0.25, -0.2) is 0 Å². The molecule has 1 aliphatic heterocycles. The number of hydrogen-bond acceptors (Lipinski definition) is 4. The third kappa shape index (κ3) is 4.49. The molecule has 0 saturated carbocycles. The maximum absolute atomic E-state index is 11.9. The molecule has 0 aromatic rings. The Morgan fingerprint density at radius 3 is 2.58 bits per heavy atom. The van der Waals surface area contributed by atoms with Crippen LogP contribution in [-0.2, 0) is 14.3 Å². The van der Waals surface area contributed by atoms with Crippen molar-refractivity contribution in [1.29, 1.82) is 0 Å². The molecule has 19 heavy (non-hydrogen) atoms. The summed E-state index contributed by atoms with van der Waals surface area (Å²) in [5.41, 5.74) is 0. The van der Waals surface area contributed by atoms with E-state index in [1.807, 2.05) is 18.7 Å². The van der Waals surface area contributed by atoms with Crippen molar-refractivity contribution in [3.8, 4) is 0 Å². The largest absolute Gasteiger partial charge is 0.468 e. The molecule has 1 amide bonds. The number of ether oxygens (including phenoxy) is 1. The lowest BCUT2D eigenvalue weighted by atomic mass is 10.2. The Bertz CT molecular complexity index is 303. The van der Waals surface area contributed by atoms with Crippen molar-refractivity contribution in [1.82, 2.24) is 9.80 Å². The monoisotopic (exact) mass is 270 g/mol. The van der Waals surface area contributed by atoms with Gasteiger partial charge in [0.05, 0.1) is 7.11 Å². The number of methoxy groups -OCH3 is 1. The molecular formula is C14H26N2O3. The summed E-state index contributed by atoms with van der Waals surface area (Å²) in [5, 5.41) is 0. The topological polar surface area (TPSA) is 49.9 Å². The first-order valence-corrected chi connectivity index (χ1v) is 7.23. The second kappa shape index (κ2) is 8.15. The molecule has 1 heterocycles. The van der Waals surface area contributed by atoms with E-state index in [-0.39, 0.29) is 17.9 Å². The Morgan fingerprint density at radius 1 is 1.32 bits per heavy atom. The van der Waals surface area contributed by atoms with Crippen LogP contribution in [0.15, 0.2) is 0 Å². The highest BCUT2D eigenvalue weighted by Crippen LogP contribution is 2.18. The number of amides is 1. The molecule has 1 atom stereocenters. The fourth-order valence-corrected chi connectivity index (χ4v) is 2.66. The van der Waals surface area contributed by atoms with Crippen LogP contribution in [-0.4, -0.2) is 61.0 Å². The summed E-state index contributed by atoms with van der Waals surface area (Å²) in [6, 6.07) is -0.103. The van der Waals surface area contributed by atoms with Gasteiger partial charge in [-0.2, -0.15) is 0 Å². The Labute approximate surface area is 115 Å². The van der Waals surface area contributed by atoms with Crippen molar-refractivity contribution >= 4 is 11.9 Å². The third-order valence-corrected chi connectivity index (χ3v) is 3.79. The van der Waals surface area contributed by atoms with Crippen molar-refractivity contribution in [2.75, 3.05) is 33.3 Å². The number of carbonyl (C=O) groups excluding carboxylic acids is 2. The van der Waals surface area contributed by atoms with Gasteiger partial charge in [-0.1, -0.05) is 0 Å². The number of carbonyl (C=O) groups is 2. The molecule has 5 heteroatoms. The average molecular weight is 270 g/mol. The summed E-state index contributed by atoms with van der Waals surface area (Å²) in [4.78, 5) is 27.4. The van der Waals surface area contributed by atoms with E-state index in [4.69, 9.17) is 4.74 Å². The Balaban J connectivity index is 2.32. The van der Waals surface area contributed by atoms with Crippen molar-refractivity contribution in [2.45, 2.75) is 45.6 Å². The molecule has 0 aromatic carbocycles. The Kier molecular flexibility index (Phi) is 6.84. The van der Waals surface area contributed by atoms with Crippen LogP contribution in [0.4, 0.5) is 0 Å². The molecule has 1 rings (SSSR count). The SMILES string of the molecule is CCN(CC)C(=O)CCCN1CCCC1C(=O)OC. The summed E-state index contributed by atoms with van der Waals surface area (Å²) in [6.07, 6.45) is 3.27. The molecule has 0 aromatic heterocycles. The normalized spacial score (nSPS) is 19.4. The Hall–Kier alpha value is -1.10. The molecular weight excluding hydrogens is 244 g/mol. The molecule has 0 spiro atoms. The summed E-state index contributed by atoms with van der Waals surface area (Å²) < 4.78 is 4.81. The smallest absolute Gasteiger partial charge is 0.323 e. The molecule has 0 N–H and O–H groups in total. The Morgan fingerprint density at radius 2 is 2.00 bits per heavy atom. The predicted octanol–water partition coefficient (Wildman–Crippen LogP) is 1.27. The lowest BCUT2D eigenvalue weighted by Crippen LogP contribution is -2.38. The van der Waals surface area contributed by atoms with E-state index in [0.29, 0.717) is 6.42 Å². The first kappa shape index (κ1) is 16.0. The summed E-state index contributed by atoms with van der Waals surface area (Å²) >= 11 is 0. The first-order chi connectivity index (χ1) is 9.13. The molecule has 1 saturated heterocycles. The van der Waals surface area contributed by atoms with Gasteiger partial charge in [0.15, 0.2) is 0 Å². The van der Waals surface area contributed by atoms with Crippen molar-refractivity contribution in [3.05, 3.63) is 0 Å². The van der Waals surface area contributed by atoms with E-state index >= 15 is 0 Å². The molecule has 0 radical (unpaired) electrons. The first-order valence-electron chi connectivity index (χ1n) is 7.23. The molecule has 1 fully saturated rings. The van der Waals surface area contributed by atoms with Crippen LogP contribution in [0.3, 0.4) is 0 Å². The van der Waals surface area contributed by atoms with E-state index in [0.717, 1.165) is 45.4 Å². The number of esters is 1. The lowest BCUT2D eigenvalue weighted by molar-refractivity contribution is -0.145. The van der Waals surface area contributed by atoms with E-state index in [1.54, 1.807) is 0 Å². The fraction of sp³-hybridized carbons (Fsp3) is 0.857. The maximum Gasteiger partial charge on any atom is 0.323 e. The van der Waals surface area contributed by atoms with Gasteiger partial charge in [-0.3, -0.25) is 14.5 Å². The van der Waals surface area contributed by atoms with Gasteiger partial charge in [0.25, 0.3) is 0 Å². The summed E-state index contributed by atoms with van der Waals surface area (Å²) in [6.45, 7) is 7.25. The van der Waals surface area contributed by atoms with Gasteiger partial charge in [0.2, 0.25) is 5.91 Å². The average Bonchev–Trinajstić information content (AvgIpc) is 2.87. The zero-order valence-electron chi connectivity index (χ0n) is 12.4. The van der Waals surface area contributed by atoms with Crippen LogP contribution in [0, 0.1) is 0 Å². The third-order valence-electron chi connectivity index (χ3n) is 3.79. The van der Waals surface area contributed by atoms with Crippen LogP contribution >= 0.6 is 0 Å². The second-order valence-electron chi connectivity index (χ2n) is 4.89. The van der Waals surface area contributed by atoms with E-state index < -0.39 is 0 Å². The maximum atomic E-state index is 11.9. The van der Waals surface area contributed by atoms with E-state index in [1.165, 1.54) is 7.11 Å². The van der Waals surface area contributed by atoms with Crippen molar-refractivity contribution in [2.24, 2.45) is 0 Å².